The summed E-state index contributed by atoms with van der Waals surface area (Å²) >= 11 is 0. The van der Waals surface area contributed by atoms with Crippen LogP contribution in [0, 0.1) is 11.3 Å². The first-order valence-corrected chi connectivity index (χ1v) is 3.08. The number of nitrogens with zero attached hydrogens (tertiary/aromatic N) is 3. The molecule has 10 heavy (non-hydrogen) atoms. The topological polar surface area (TPSA) is 41.6 Å². The summed E-state index contributed by atoms with van der Waals surface area (Å²) in [7, 11) is 0. The van der Waals surface area contributed by atoms with Crippen LogP contribution in [0.4, 0.5) is 0 Å². The van der Waals surface area contributed by atoms with E-state index in [0.717, 1.165) is 0 Å². The van der Waals surface area contributed by atoms with E-state index in [1.807, 2.05) is 13.8 Å². The molecule has 1 heterocycles. The highest BCUT2D eigenvalue weighted by atomic mass is 15.3. The normalized spacial score (nSPS) is 10.9. The average Bonchev–Trinajstić information content (AvgIpc) is 2.38. The van der Waals surface area contributed by atoms with Gasteiger partial charge >= 0.3 is 0 Å². The maximum atomic E-state index is 8.66. The Morgan fingerprint density at radius 2 is 2.30 bits per heavy atom. The van der Waals surface area contributed by atoms with Gasteiger partial charge in [0.15, 0.2) is 0 Å². The maximum Gasteiger partial charge on any atom is 0.143 e. The molecular formula is C7H9N3. The standard InChI is InChI=1S/C7H9N3/c1-7(2,6-8)10-5-3-4-9-10/h3-5H,1-2H3. The predicted molar refractivity (Wildman–Crippen MR) is 37.2 cm³/mol. The van der Waals surface area contributed by atoms with E-state index < -0.39 is 5.54 Å². The van der Waals surface area contributed by atoms with Gasteiger partial charge in [-0.2, -0.15) is 10.4 Å². The highest BCUT2D eigenvalue weighted by molar-refractivity contribution is 4.99. The van der Waals surface area contributed by atoms with Crippen LogP contribution < -0.4 is 0 Å². The molecule has 0 N–H and O–H groups in total. The van der Waals surface area contributed by atoms with Gasteiger partial charge in [-0.25, -0.2) is 0 Å². The molecule has 52 valence electrons. The molecular weight excluding hydrogens is 126 g/mol. The molecule has 1 aromatic rings. The van der Waals surface area contributed by atoms with Crippen LogP contribution in [0.5, 0.6) is 0 Å². The minimum Gasteiger partial charge on any atom is -0.253 e. The highest BCUT2D eigenvalue weighted by Gasteiger charge is 2.18. The van der Waals surface area contributed by atoms with Gasteiger partial charge in [0, 0.05) is 12.4 Å². The first-order chi connectivity index (χ1) is 4.67. The van der Waals surface area contributed by atoms with Crippen molar-refractivity contribution in [1.82, 2.24) is 9.78 Å². The third-order valence-corrected chi connectivity index (χ3v) is 1.35. The molecule has 0 aliphatic carbocycles. The van der Waals surface area contributed by atoms with E-state index in [1.165, 1.54) is 0 Å². The van der Waals surface area contributed by atoms with Crippen LogP contribution in [0.1, 0.15) is 13.8 Å². The fourth-order valence-electron chi connectivity index (χ4n) is 0.651. The molecule has 0 aliphatic rings. The summed E-state index contributed by atoms with van der Waals surface area (Å²) in [6.07, 6.45) is 3.45. The fourth-order valence-corrected chi connectivity index (χ4v) is 0.651. The summed E-state index contributed by atoms with van der Waals surface area (Å²) in [5, 5.41) is 12.6. The molecule has 0 radical (unpaired) electrons. The lowest BCUT2D eigenvalue weighted by Gasteiger charge is -2.14. The number of rotatable bonds is 1. The third-order valence-electron chi connectivity index (χ3n) is 1.35. The van der Waals surface area contributed by atoms with Crippen LogP contribution in [0.25, 0.3) is 0 Å². The molecule has 3 nitrogen and oxygen atoms in total. The van der Waals surface area contributed by atoms with Crippen LogP contribution in [0.2, 0.25) is 0 Å². The van der Waals surface area contributed by atoms with Crippen molar-refractivity contribution in [2.75, 3.05) is 0 Å². The third kappa shape index (κ3) is 1.01. The van der Waals surface area contributed by atoms with Gasteiger partial charge in [-0.15, -0.1) is 0 Å². The van der Waals surface area contributed by atoms with E-state index in [0.29, 0.717) is 0 Å². The largest absolute Gasteiger partial charge is 0.253 e. The fraction of sp³-hybridized carbons (Fsp3) is 0.429. The van der Waals surface area contributed by atoms with Gasteiger partial charge in [-0.1, -0.05) is 0 Å². The summed E-state index contributed by atoms with van der Waals surface area (Å²) in [6, 6.07) is 3.95. The van der Waals surface area contributed by atoms with Crippen LogP contribution in [0.15, 0.2) is 18.5 Å². The van der Waals surface area contributed by atoms with E-state index >= 15 is 0 Å². The Hall–Kier alpha value is -1.30. The van der Waals surface area contributed by atoms with E-state index in [9.17, 15) is 0 Å². The second kappa shape index (κ2) is 2.14. The van der Waals surface area contributed by atoms with Crippen molar-refractivity contribution in [2.24, 2.45) is 0 Å². The summed E-state index contributed by atoms with van der Waals surface area (Å²) in [4.78, 5) is 0. The molecule has 0 amide bonds. The molecule has 0 spiro atoms. The Balaban J connectivity index is 2.99. The van der Waals surface area contributed by atoms with Gasteiger partial charge < -0.3 is 0 Å². The number of aromatic nitrogens is 2. The second-order valence-electron chi connectivity index (χ2n) is 2.62. The molecule has 0 bridgehead atoms. The first-order valence-electron chi connectivity index (χ1n) is 3.08. The van der Waals surface area contributed by atoms with Gasteiger partial charge in [-0.3, -0.25) is 4.68 Å². The van der Waals surface area contributed by atoms with Crippen molar-refractivity contribution >= 4 is 0 Å². The lowest BCUT2D eigenvalue weighted by molar-refractivity contribution is 0.418. The van der Waals surface area contributed by atoms with Crippen molar-refractivity contribution in [2.45, 2.75) is 19.4 Å². The van der Waals surface area contributed by atoms with Crippen molar-refractivity contribution in [3.05, 3.63) is 18.5 Å². The number of hydrogen-bond donors (Lipinski definition) is 0. The Labute approximate surface area is 59.9 Å². The highest BCUT2D eigenvalue weighted by Crippen LogP contribution is 2.10. The van der Waals surface area contributed by atoms with Crippen molar-refractivity contribution in [3.8, 4) is 6.07 Å². The van der Waals surface area contributed by atoms with Crippen LogP contribution in [0.3, 0.4) is 0 Å². The summed E-state index contributed by atoms with van der Waals surface area (Å²) in [5.41, 5.74) is -0.524. The minimum absolute atomic E-state index is 0.524. The smallest absolute Gasteiger partial charge is 0.143 e. The monoisotopic (exact) mass is 135 g/mol. The second-order valence-corrected chi connectivity index (χ2v) is 2.62. The molecule has 1 rings (SSSR count). The average molecular weight is 135 g/mol. The summed E-state index contributed by atoms with van der Waals surface area (Å²) in [5.74, 6) is 0. The van der Waals surface area contributed by atoms with E-state index in [-0.39, 0.29) is 0 Å². The summed E-state index contributed by atoms with van der Waals surface area (Å²) in [6.45, 7) is 3.64. The van der Waals surface area contributed by atoms with Crippen molar-refractivity contribution in [1.29, 1.82) is 5.26 Å². The SMILES string of the molecule is CC(C)(C#N)n1cccn1. The Bertz CT molecular complexity index is 240. The Morgan fingerprint density at radius 1 is 1.60 bits per heavy atom. The minimum atomic E-state index is -0.524. The molecule has 0 saturated heterocycles. The molecule has 0 aliphatic heterocycles. The Kier molecular flexibility index (Phi) is 1.46. The Morgan fingerprint density at radius 3 is 2.70 bits per heavy atom. The van der Waals surface area contributed by atoms with Gasteiger partial charge in [0.2, 0.25) is 0 Å². The predicted octanol–water partition coefficient (Wildman–Crippen LogP) is 1.14. The molecule has 0 unspecified atom stereocenters. The zero-order valence-electron chi connectivity index (χ0n) is 6.07. The van der Waals surface area contributed by atoms with Gasteiger partial charge in [0.25, 0.3) is 0 Å². The summed E-state index contributed by atoms with van der Waals surface area (Å²) < 4.78 is 1.63. The molecule has 3 heteroatoms. The zero-order valence-corrected chi connectivity index (χ0v) is 6.07. The van der Waals surface area contributed by atoms with Gasteiger partial charge in [0.05, 0.1) is 6.07 Å². The van der Waals surface area contributed by atoms with Crippen LogP contribution in [-0.4, -0.2) is 9.78 Å². The lowest BCUT2D eigenvalue weighted by atomic mass is 10.1. The quantitative estimate of drug-likeness (QED) is 0.579. The molecule has 0 fully saturated rings. The number of hydrogen-bond acceptors (Lipinski definition) is 2. The van der Waals surface area contributed by atoms with E-state index in [2.05, 4.69) is 11.2 Å². The van der Waals surface area contributed by atoms with Gasteiger partial charge in [0.1, 0.15) is 5.54 Å². The zero-order chi connectivity index (χ0) is 7.61. The van der Waals surface area contributed by atoms with E-state index in [4.69, 9.17) is 5.26 Å². The number of nitriles is 1. The van der Waals surface area contributed by atoms with Gasteiger partial charge in [-0.05, 0) is 19.9 Å². The van der Waals surface area contributed by atoms with Crippen LogP contribution in [-0.2, 0) is 5.54 Å². The first kappa shape index (κ1) is 6.81. The van der Waals surface area contributed by atoms with E-state index in [1.54, 1.807) is 23.1 Å². The lowest BCUT2D eigenvalue weighted by Crippen LogP contribution is -2.24. The molecule has 0 saturated carbocycles. The van der Waals surface area contributed by atoms with Crippen LogP contribution >= 0.6 is 0 Å². The molecule has 0 aromatic carbocycles. The maximum absolute atomic E-state index is 8.66. The molecule has 1 aromatic heterocycles. The molecule has 0 atom stereocenters. The van der Waals surface area contributed by atoms with Crippen molar-refractivity contribution in [3.63, 3.8) is 0 Å². The van der Waals surface area contributed by atoms with Crippen molar-refractivity contribution < 1.29 is 0 Å².